The van der Waals surface area contributed by atoms with Gasteiger partial charge in [0.25, 0.3) is 0 Å². The summed E-state index contributed by atoms with van der Waals surface area (Å²) in [6, 6.07) is -0.621. The van der Waals surface area contributed by atoms with Gasteiger partial charge in [-0.25, -0.2) is 4.79 Å². The number of carboxylic acids is 1. The first-order chi connectivity index (χ1) is 26.1. The SMILES string of the molecule is CC/C=C/C/C=C/C/C=C/C/C=C/C/C=C/CCCCCC(=O)OC(COCCC(C(=O)O)[N+](C)(C)C)COC(=O)CCCCCCCCCCCCC. The Balaban J connectivity index is 4.43. The van der Waals surface area contributed by atoms with Crippen LogP contribution >= 0.6 is 0 Å². The van der Waals surface area contributed by atoms with Gasteiger partial charge in [-0.2, -0.15) is 0 Å². The number of unbranched alkanes of at least 4 members (excludes halogenated alkanes) is 13. The molecule has 0 radical (unpaired) electrons. The lowest BCUT2D eigenvalue weighted by Gasteiger charge is -2.31. The summed E-state index contributed by atoms with van der Waals surface area (Å²) in [5.41, 5.74) is 0. The van der Waals surface area contributed by atoms with Crippen molar-refractivity contribution in [2.24, 2.45) is 0 Å². The van der Waals surface area contributed by atoms with E-state index in [4.69, 9.17) is 14.2 Å². The van der Waals surface area contributed by atoms with E-state index >= 15 is 0 Å². The molecule has 0 aromatic rings. The Kier molecular flexibility index (Phi) is 34.9. The number of carboxylic acid groups (broad SMARTS) is 1. The Morgan fingerprint density at radius 2 is 1.04 bits per heavy atom. The molecule has 0 amide bonds. The van der Waals surface area contributed by atoms with Crippen molar-refractivity contribution in [3.63, 3.8) is 0 Å². The van der Waals surface area contributed by atoms with Crippen LogP contribution in [0, 0.1) is 0 Å². The summed E-state index contributed by atoms with van der Waals surface area (Å²) in [6.07, 6.45) is 44.0. The van der Waals surface area contributed by atoms with Gasteiger partial charge in [0.15, 0.2) is 12.1 Å². The molecule has 2 atom stereocenters. The molecule has 1 N–H and O–H groups in total. The topological polar surface area (TPSA) is 99.1 Å². The van der Waals surface area contributed by atoms with E-state index in [2.05, 4.69) is 74.6 Å². The molecule has 0 aromatic heterocycles. The molecule has 0 rings (SSSR count). The molecule has 0 aliphatic carbocycles. The molecule has 310 valence electrons. The second kappa shape index (κ2) is 37.0. The van der Waals surface area contributed by atoms with Crippen molar-refractivity contribution in [1.82, 2.24) is 0 Å². The Labute approximate surface area is 330 Å². The molecule has 8 nitrogen and oxygen atoms in total. The highest BCUT2D eigenvalue weighted by atomic mass is 16.6. The summed E-state index contributed by atoms with van der Waals surface area (Å²) in [7, 11) is 5.51. The summed E-state index contributed by atoms with van der Waals surface area (Å²) in [5, 5.41) is 9.60. The molecule has 0 saturated heterocycles. The second-order valence-electron chi connectivity index (χ2n) is 15.2. The summed E-state index contributed by atoms with van der Waals surface area (Å²) in [5.74, 6) is -1.51. The summed E-state index contributed by atoms with van der Waals surface area (Å²) < 4.78 is 17.2. The molecule has 54 heavy (non-hydrogen) atoms. The van der Waals surface area contributed by atoms with Crippen LogP contribution in [0.5, 0.6) is 0 Å². The van der Waals surface area contributed by atoms with Crippen molar-refractivity contribution >= 4 is 17.9 Å². The summed E-state index contributed by atoms with van der Waals surface area (Å²) in [4.78, 5) is 36.9. The number of ether oxygens (including phenoxy) is 3. The van der Waals surface area contributed by atoms with Gasteiger partial charge in [-0.05, 0) is 57.8 Å². The molecule has 0 bridgehead atoms. The zero-order valence-electron chi connectivity index (χ0n) is 35.2. The minimum atomic E-state index is -0.883. The van der Waals surface area contributed by atoms with E-state index < -0.39 is 18.1 Å². The highest BCUT2D eigenvalue weighted by molar-refractivity contribution is 5.72. The Morgan fingerprint density at radius 3 is 1.54 bits per heavy atom. The molecule has 0 spiro atoms. The lowest BCUT2D eigenvalue weighted by Crippen LogP contribution is -2.50. The van der Waals surface area contributed by atoms with Gasteiger partial charge in [-0.3, -0.25) is 9.59 Å². The van der Waals surface area contributed by atoms with Gasteiger partial charge in [-0.1, -0.05) is 145 Å². The number of aliphatic carboxylic acids is 1. The van der Waals surface area contributed by atoms with Gasteiger partial charge in [0.1, 0.15) is 6.61 Å². The molecule has 0 heterocycles. The molecule has 0 fully saturated rings. The van der Waals surface area contributed by atoms with Gasteiger partial charge in [-0.15, -0.1) is 0 Å². The van der Waals surface area contributed by atoms with Crippen LogP contribution in [0.25, 0.3) is 0 Å². The number of allylic oxidation sites excluding steroid dienone is 10. The predicted molar refractivity (Wildman–Crippen MR) is 224 cm³/mol. The molecular formula is C46H80NO7+. The van der Waals surface area contributed by atoms with Crippen LogP contribution in [-0.2, 0) is 28.6 Å². The third kappa shape index (κ3) is 34.8. The fourth-order valence-electron chi connectivity index (χ4n) is 5.88. The van der Waals surface area contributed by atoms with E-state index in [9.17, 15) is 19.5 Å². The molecule has 0 aromatic carbocycles. The van der Waals surface area contributed by atoms with Crippen molar-refractivity contribution in [2.75, 3.05) is 41.0 Å². The van der Waals surface area contributed by atoms with Crippen molar-refractivity contribution in [2.45, 2.75) is 174 Å². The second-order valence-corrected chi connectivity index (χ2v) is 15.2. The number of likely N-dealkylation sites (N-methyl/N-ethyl adjacent to an activating group) is 1. The first kappa shape index (κ1) is 51.0. The first-order valence-electron chi connectivity index (χ1n) is 21.3. The van der Waals surface area contributed by atoms with Crippen molar-refractivity contribution < 1.29 is 38.2 Å². The quantitative estimate of drug-likeness (QED) is 0.0291. The predicted octanol–water partition coefficient (Wildman–Crippen LogP) is 11.4. The maximum Gasteiger partial charge on any atom is 0.362 e. The molecule has 0 saturated carbocycles. The van der Waals surface area contributed by atoms with E-state index in [-0.39, 0.29) is 42.7 Å². The third-order valence-corrected chi connectivity index (χ3v) is 9.18. The van der Waals surface area contributed by atoms with E-state index in [0.29, 0.717) is 12.8 Å². The lowest BCUT2D eigenvalue weighted by molar-refractivity contribution is -0.887. The number of carbonyl (C=O) groups excluding carboxylic acids is 2. The summed E-state index contributed by atoms with van der Waals surface area (Å²) in [6.45, 7) is 4.57. The van der Waals surface area contributed by atoms with Crippen LogP contribution in [0.2, 0.25) is 0 Å². The highest BCUT2D eigenvalue weighted by Crippen LogP contribution is 2.13. The number of nitrogens with zero attached hydrogens (tertiary/aromatic N) is 1. The van der Waals surface area contributed by atoms with Crippen LogP contribution in [0.1, 0.15) is 162 Å². The standard InChI is InChI=1S/C46H79NO7/c1-6-8-10-12-14-16-18-19-20-21-22-23-24-25-27-29-31-33-35-37-45(49)54-42(40-52-39-38-43(46(50)51)47(3,4)5)41-53-44(48)36-34-32-30-28-26-17-15-13-11-9-7-2/h8,10,14,16,19-20,22-23,25,27,42-43H,6-7,9,11-13,15,17-18,21,24,26,28-41H2,1-5H3/p+1/b10-8+,16-14+,20-19+,23-22+,27-25+. The zero-order chi connectivity index (χ0) is 40.0. The van der Waals surface area contributed by atoms with Crippen LogP contribution in [0.15, 0.2) is 60.8 Å². The number of esters is 2. The minimum absolute atomic E-state index is 0.0466. The molecule has 0 aliphatic rings. The van der Waals surface area contributed by atoms with E-state index in [1.807, 2.05) is 21.1 Å². The fourth-order valence-corrected chi connectivity index (χ4v) is 5.88. The number of rotatable bonds is 37. The average molecular weight is 759 g/mol. The van der Waals surface area contributed by atoms with Gasteiger partial charge >= 0.3 is 17.9 Å². The largest absolute Gasteiger partial charge is 0.477 e. The number of hydrogen-bond acceptors (Lipinski definition) is 6. The van der Waals surface area contributed by atoms with Crippen molar-refractivity contribution in [1.29, 1.82) is 0 Å². The minimum Gasteiger partial charge on any atom is -0.477 e. The van der Waals surface area contributed by atoms with Gasteiger partial charge in [0, 0.05) is 19.3 Å². The number of quaternary nitrogens is 1. The average Bonchev–Trinajstić information content (AvgIpc) is 3.12. The van der Waals surface area contributed by atoms with Crippen molar-refractivity contribution in [3.8, 4) is 0 Å². The highest BCUT2D eigenvalue weighted by Gasteiger charge is 2.31. The van der Waals surface area contributed by atoms with Crippen LogP contribution in [-0.4, -0.2) is 80.6 Å². The Hall–Kier alpha value is -2.97. The Morgan fingerprint density at radius 1 is 0.574 bits per heavy atom. The normalized spacial score (nSPS) is 13.6. The lowest BCUT2D eigenvalue weighted by atomic mass is 10.1. The van der Waals surface area contributed by atoms with E-state index in [1.54, 1.807) is 0 Å². The zero-order valence-corrected chi connectivity index (χ0v) is 35.2. The molecular weight excluding hydrogens is 679 g/mol. The molecule has 8 heteroatoms. The van der Waals surface area contributed by atoms with Crippen LogP contribution < -0.4 is 0 Å². The van der Waals surface area contributed by atoms with E-state index in [1.165, 1.54) is 51.4 Å². The van der Waals surface area contributed by atoms with Crippen molar-refractivity contribution in [3.05, 3.63) is 60.8 Å². The molecule has 0 aliphatic heterocycles. The fraction of sp³-hybridized carbons (Fsp3) is 0.717. The van der Waals surface area contributed by atoms with E-state index in [0.717, 1.165) is 77.0 Å². The number of hydrogen-bond donors (Lipinski definition) is 1. The summed E-state index contributed by atoms with van der Waals surface area (Å²) >= 11 is 0. The maximum absolute atomic E-state index is 12.7. The third-order valence-electron chi connectivity index (χ3n) is 9.18. The Bertz CT molecular complexity index is 1070. The first-order valence-corrected chi connectivity index (χ1v) is 21.3. The van der Waals surface area contributed by atoms with Crippen LogP contribution in [0.4, 0.5) is 0 Å². The number of carbonyl (C=O) groups is 3. The monoisotopic (exact) mass is 759 g/mol. The maximum atomic E-state index is 12.7. The van der Waals surface area contributed by atoms with Crippen LogP contribution in [0.3, 0.4) is 0 Å². The molecule has 2 unspecified atom stereocenters. The smallest absolute Gasteiger partial charge is 0.362 e. The van der Waals surface area contributed by atoms with Gasteiger partial charge in [0.05, 0.1) is 34.4 Å². The van der Waals surface area contributed by atoms with Gasteiger partial charge in [0.2, 0.25) is 0 Å². The van der Waals surface area contributed by atoms with Gasteiger partial charge < -0.3 is 23.8 Å².